The standard InChI is InChI=1S/C12H17N3/c1-14(2)12(13)15-8-7-10-5-3-4-6-11(10)9-15/h3-6,13H,7-9H2,1-2H3. The third kappa shape index (κ3) is 1.96. The summed E-state index contributed by atoms with van der Waals surface area (Å²) < 4.78 is 0. The van der Waals surface area contributed by atoms with Crippen molar-refractivity contribution in [3.8, 4) is 0 Å². The Morgan fingerprint density at radius 1 is 1.27 bits per heavy atom. The first-order chi connectivity index (χ1) is 7.18. The average Bonchev–Trinajstić information content (AvgIpc) is 2.27. The zero-order valence-electron chi connectivity index (χ0n) is 9.33. The molecule has 0 spiro atoms. The highest BCUT2D eigenvalue weighted by molar-refractivity contribution is 5.76. The third-order valence-corrected chi connectivity index (χ3v) is 2.85. The van der Waals surface area contributed by atoms with Crippen LogP contribution in [-0.2, 0) is 13.0 Å². The molecule has 0 aliphatic carbocycles. The average molecular weight is 203 g/mol. The van der Waals surface area contributed by atoms with Crippen molar-refractivity contribution in [1.29, 1.82) is 5.41 Å². The summed E-state index contributed by atoms with van der Waals surface area (Å²) in [6.45, 7) is 1.82. The SMILES string of the molecule is CN(C)C(=N)N1CCc2ccccc2C1. The molecule has 0 unspecified atom stereocenters. The van der Waals surface area contributed by atoms with Gasteiger partial charge in [0.1, 0.15) is 0 Å². The highest BCUT2D eigenvalue weighted by Crippen LogP contribution is 2.18. The van der Waals surface area contributed by atoms with E-state index in [1.165, 1.54) is 11.1 Å². The molecule has 1 aliphatic rings. The maximum Gasteiger partial charge on any atom is 0.193 e. The van der Waals surface area contributed by atoms with E-state index >= 15 is 0 Å². The van der Waals surface area contributed by atoms with Gasteiger partial charge in [0, 0.05) is 27.2 Å². The van der Waals surface area contributed by atoms with Gasteiger partial charge in [0.15, 0.2) is 5.96 Å². The van der Waals surface area contributed by atoms with Crippen LogP contribution in [0.2, 0.25) is 0 Å². The summed E-state index contributed by atoms with van der Waals surface area (Å²) in [4.78, 5) is 3.97. The largest absolute Gasteiger partial charge is 0.349 e. The maximum absolute atomic E-state index is 7.93. The Morgan fingerprint density at radius 3 is 2.60 bits per heavy atom. The van der Waals surface area contributed by atoms with Gasteiger partial charge >= 0.3 is 0 Å². The van der Waals surface area contributed by atoms with Crippen LogP contribution in [0.4, 0.5) is 0 Å². The first-order valence-corrected chi connectivity index (χ1v) is 5.26. The topological polar surface area (TPSA) is 30.3 Å². The van der Waals surface area contributed by atoms with Gasteiger partial charge < -0.3 is 9.80 Å². The fourth-order valence-electron chi connectivity index (χ4n) is 1.96. The van der Waals surface area contributed by atoms with Crippen LogP contribution in [0, 0.1) is 5.41 Å². The normalized spacial score (nSPS) is 14.7. The molecule has 2 rings (SSSR count). The molecule has 1 aromatic carbocycles. The molecule has 3 heteroatoms. The molecule has 0 bridgehead atoms. The van der Waals surface area contributed by atoms with E-state index in [0.717, 1.165) is 19.5 Å². The molecule has 0 saturated heterocycles. The quantitative estimate of drug-likeness (QED) is 0.512. The molecule has 0 saturated carbocycles. The highest BCUT2D eigenvalue weighted by atomic mass is 15.3. The minimum absolute atomic E-state index is 0.601. The van der Waals surface area contributed by atoms with Gasteiger partial charge in [-0.05, 0) is 17.5 Å². The minimum atomic E-state index is 0.601. The summed E-state index contributed by atoms with van der Waals surface area (Å²) in [6.07, 6.45) is 1.05. The first kappa shape index (κ1) is 10.0. The lowest BCUT2D eigenvalue weighted by Crippen LogP contribution is -2.42. The Labute approximate surface area is 90.8 Å². The predicted octanol–water partition coefficient (Wildman–Crippen LogP) is 1.54. The van der Waals surface area contributed by atoms with E-state index in [1.807, 2.05) is 19.0 Å². The summed E-state index contributed by atoms with van der Waals surface area (Å²) >= 11 is 0. The Bertz CT molecular complexity index is 371. The van der Waals surface area contributed by atoms with E-state index in [2.05, 4.69) is 29.2 Å². The molecule has 3 nitrogen and oxygen atoms in total. The van der Waals surface area contributed by atoms with E-state index in [9.17, 15) is 0 Å². The zero-order chi connectivity index (χ0) is 10.8. The molecule has 15 heavy (non-hydrogen) atoms. The van der Waals surface area contributed by atoms with Gasteiger partial charge in [-0.15, -0.1) is 0 Å². The van der Waals surface area contributed by atoms with E-state index in [0.29, 0.717) is 5.96 Å². The molecule has 0 aromatic heterocycles. The van der Waals surface area contributed by atoms with Gasteiger partial charge in [0.05, 0.1) is 0 Å². The Kier molecular flexibility index (Phi) is 2.62. The second kappa shape index (κ2) is 3.93. The van der Waals surface area contributed by atoms with Crippen molar-refractivity contribution in [1.82, 2.24) is 9.80 Å². The van der Waals surface area contributed by atoms with Gasteiger partial charge in [-0.3, -0.25) is 5.41 Å². The zero-order valence-corrected chi connectivity index (χ0v) is 9.33. The van der Waals surface area contributed by atoms with Gasteiger partial charge in [0.2, 0.25) is 0 Å². The highest BCUT2D eigenvalue weighted by Gasteiger charge is 2.18. The molecule has 0 fully saturated rings. The van der Waals surface area contributed by atoms with Crippen molar-refractivity contribution in [2.24, 2.45) is 0 Å². The lowest BCUT2D eigenvalue weighted by molar-refractivity contribution is 0.342. The predicted molar refractivity (Wildman–Crippen MR) is 62.0 cm³/mol. The van der Waals surface area contributed by atoms with Crippen molar-refractivity contribution in [2.75, 3.05) is 20.6 Å². The fraction of sp³-hybridized carbons (Fsp3) is 0.417. The molecule has 1 aromatic rings. The lowest BCUT2D eigenvalue weighted by atomic mass is 10.0. The van der Waals surface area contributed by atoms with E-state index in [4.69, 9.17) is 5.41 Å². The Morgan fingerprint density at radius 2 is 1.93 bits per heavy atom. The van der Waals surface area contributed by atoms with Crippen molar-refractivity contribution in [2.45, 2.75) is 13.0 Å². The second-order valence-electron chi connectivity index (χ2n) is 4.16. The van der Waals surface area contributed by atoms with Crippen LogP contribution >= 0.6 is 0 Å². The molecule has 1 aliphatic heterocycles. The number of rotatable bonds is 0. The van der Waals surface area contributed by atoms with Crippen LogP contribution in [0.5, 0.6) is 0 Å². The van der Waals surface area contributed by atoms with Crippen LogP contribution in [0.25, 0.3) is 0 Å². The lowest BCUT2D eigenvalue weighted by Gasteiger charge is -2.33. The van der Waals surface area contributed by atoms with Gasteiger partial charge in [0.25, 0.3) is 0 Å². The second-order valence-corrected chi connectivity index (χ2v) is 4.16. The summed E-state index contributed by atoms with van der Waals surface area (Å²) in [7, 11) is 3.84. The molecule has 0 radical (unpaired) electrons. The minimum Gasteiger partial charge on any atom is -0.349 e. The summed E-state index contributed by atoms with van der Waals surface area (Å²) in [6, 6.07) is 8.50. The van der Waals surface area contributed by atoms with Crippen LogP contribution in [0.1, 0.15) is 11.1 Å². The number of hydrogen-bond acceptors (Lipinski definition) is 1. The number of nitrogens with one attached hydrogen (secondary N) is 1. The smallest absolute Gasteiger partial charge is 0.193 e. The molecule has 1 heterocycles. The maximum atomic E-state index is 7.93. The summed E-state index contributed by atoms with van der Waals surface area (Å²) in [5.41, 5.74) is 2.79. The number of hydrogen-bond donors (Lipinski definition) is 1. The molecule has 80 valence electrons. The molecule has 0 amide bonds. The van der Waals surface area contributed by atoms with Crippen molar-refractivity contribution < 1.29 is 0 Å². The van der Waals surface area contributed by atoms with Crippen LogP contribution in [0.15, 0.2) is 24.3 Å². The Balaban J connectivity index is 2.15. The number of benzene rings is 1. The fourth-order valence-corrected chi connectivity index (χ4v) is 1.96. The van der Waals surface area contributed by atoms with Gasteiger partial charge in [-0.2, -0.15) is 0 Å². The number of nitrogens with zero attached hydrogens (tertiary/aromatic N) is 2. The van der Waals surface area contributed by atoms with Crippen LogP contribution in [0.3, 0.4) is 0 Å². The van der Waals surface area contributed by atoms with E-state index < -0.39 is 0 Å². The monoisotopic (exact) mass is 203 g/mol. The first-order valence-electron chi connectivity index (χ1n) is 5.26. The van der Waals surface area contributed by atoms with Crippen molar-refractivity contribution in [3.05, 3.63) is 35.4 Å². The summed E-state index contributed by atoms with van der Waals surface area (Å²) in [5, 5.41) is 7.93. The van der Waals surface area contributed by atoms with Crippen molar-refractivity contribution in [3.63, 3.8) is 0 Å². The Hall–Kier alpha value is -1.51. The summed E-state index contributed by atoms with van der Waals surface area (Å²) in [5.74, 6) is 0.601. The van der Waals surface area contributed by atoms with E-state index in [-0.39, 0.29) is 0 Å². The molecule has 0 atom stereocenters. The number of fused-ring (bicyclic) bond motifs is 1. The molecule has 1 N–H and O–H groups in total. The van der Waals surface area contributed by atoms with Crippen LogP contribution < -0.4 is 0 Å². The van der Waals surface area contributed by atoms with E-state index in [1.54, 1.807) is 0 Å². The van der Waals surface area contributed by atoms with Gasteiger partial charge in [-0.25, -0.2) is 0 Å². The van der Waals surface area contributed by atoms with Crippen molar-refractivity contribution >= 4 is 5.96 Å². The van der Waals surface area contributed by atoms with Gasteiger partial charge in [-0.1, -0.05) is 24.3 Å². The molecular formula is C12H17N3. The van der Waals surface area contributed by atoms with Crippen LogP contribution in [-0.4, -0.2) is 36.4 Å². The third-order valence-electron chi connectivity index (χ3n) is 2.85. The number of guanidine groups is 1. The molecular weight excluding hydrogens is 186 g/mol.